The lowest BCUT2D eigenvalue weighted by Crippen LogP contribution is -2.14. The van der Waals surface area contributed by atoms with Gasteiger partial charge in [0.05, 0.1) is 10.7 Å². The fourth-order valence-electron chi connectivity index (χ4n) is 2.28. The third kappa shape index (κ3) is 4.88. The van der Waals surface area contributed by atoms with Crippen molar-refractivity contribution in [2.45, 2.75) is 78.7 Å². The first-order chi connectivity index (χ1) is 9.13. The van der Waals surface area contributed by atoms with E-state index < -0.39 is 0 Å². The maximum atomic E-state index is 4.93. The number of nitrogens with one attached hydrogen (secondary N) is 1. The summed E-state index contributed by atoms with van der Waals surface area (Å²) in [7, 11) is 0. The van der Waals surface area contributed by atoms with Crippen LogP contribution in [0.15, 0.2) is 0 Å². The first kappa shape index (κ1) is 16.6. The summed E-state index contributed by atoms with van der Waals surface area (Å²) >= 11 is 1.93. The SMILES string of the molecule is CCCCNCc1sc(C(CC)CC)nc1C(C)C. The molecule has 2 nitrogen and oxygen atoms in total. The van der Waals surface area contributed by atoms with Crippen LogP contribution >= 0.6 is 11.3 Å². The van der Waals surface area contributed by atoms with Gasteiger partial charge >= 0.3 is 0 Å². The van der Waals surface area contributed by atoms with E-state index >= 15 is 0 Å². The summed E-state index contributed by atoms with van der Waals surface area (Å²) in [5.74, 6) is 1.18. The quantitative estimate of drug-likeness (QED) is 0.640. The van der Waals surface area contributed by atoms with Crippen LogP contribution in [-0.2, 0) is 6.54 Å². The van der Waals surface area contributed by atoms with Crippen molar-refractivity contribution in [2.75, 3.05) is 6.54 Å². The van der Waals surface area contributed by atoms with Crippen molar-refractivity contribution in [3.8, 4) is 0 Å². The van der Waals surface area contributed by atoms with Gasteiger partial charge in [-0.1, -0.05) is 41.0 Å². The van der Waals surface area contributed by atoms with Crippen LogP contribution in [0.2, 0.25) is 0 Å². The second-order valence-electron chi connectivity index (χ2n) is 5.56. The minimum absolute atomic E-state index is 0.530. The Morgan fingerprint density at radius 1 is 1.16 bits per heavy atom. The molecule has 0 unspecified atom stereocenters. The minimum Gasteiger partial charge on any atom is -0.312 e. The van der Waals surface area contributed by atoms with Crippen molar-refractivity contribution in [3.05, 3.63) is 15.6 Å². The molecule has 0 fully saturated rings. The molecule has 1 N–H and O–H groups in total. The molecule has 0 amide bonds. The van der Waals surface area contributed by atoms with Crippen LogP contribution in [0.5, 0.6) is 0 Å². The third-order valence-corrected chi connectivity index (χ3v) is 4.85. The Morgan fingerprint density at radius 2 is 1.84 bits per heavy atom. The average molecular weight is 282 g/mol. The van der Waals surface area contributed by atoms with Crippen molar-refractivity contribution >= 4 is 11.3 Å². The lowest BCUT2D eigenvalue weighted by Gasteiger charge is -2.07. The maximum Gasteiger partial charge on any atom is 0.0962 e. The number of hydrogen-bond acceptors (Lipinski definition) is 3. The van der Waals surface area contributed by atoms with E-state index in [1.54, 1.807) is 0 Å². The number of unbranched alkanes of at least 4 members (excludes halogenated alkanes) is 1. The normalized spacial score (nSPS) is 11.7. The number of thiazole rings is 1. The van der Waals surface area contributed by atoms with Gasteiger partial charge in [-0.25, -0.2) is 4.98 Å². The van der Waals surface area contributed by atoms with E-state index in [9.17, 15) is 0 Å². The molecule has 0 saturated heterocycles. The summed E-state index contributed by atoms with van der Waals surface area (Å²) in [4.78, 5) is 6.38. The Labute approximate surface area is 123 Å². The van der Waals surface area contributed by atoms with Gasteiger partial charge in [0.25, 0.3) is 0 Å². The smallest absolute Gasteiger partial charge is 0.0962 e. The standard InChI is InChI=1S/C16H30N2S/c1-6-9-10-17-11-14-15(12(4)5)18-16(19-14)13(7-2)8-3/h12-13,17H,6-11H2,1-5H3. The Balaban J connectivity index is 2.77. The van der Waals surface area contributed by atoms with Gasteiger partial charge in [-0.15, -0.1) is 11.3 Å². The van der Waals surface area contributed by atoms with Crippen LogP contribution in [0.25, 0.3) is 0 Å². The molecule has 0 atom stereocenters. The summed E-state index contributed by atoms with van der Waals surface area (Å²) in [5.41, 5.74) is 1.32. The molecule has 0 spiro atoms. The van der Waals surface area contributed by atoms with Gasteiger partial charge < -0.3 is 5.32 Å². The molecular formula is C16H30N2S. The van der Waals surface area contributed by atoms with Crippen molar-refractivity contribution in [1.82, 2.24) is 10.3 Å². The zero-order valence-electron chi connectivity index (χ0n) is 13.3. The number of rotatable bonds is 9. The van der Waals surface area contributed by atoms with Crippen molar-refractivity contribution in [2.24, 2.45) is 0 Å². The maximum absolute atomic E-state index is 4.93. The first-order valence-electron chi connectivity index (χ1n) is 7.84. The molecule has 1 rings (SSSR count). The molecule has 0 bridgehead atoms. The molecule has 3 heteroatoms. The number of nitrogens with zero attached hydrogens (tertiary/aromatic N) is 1. The topological polar surface area (TPSA) is 24.9 Å². The van der Waals surface area contributed by atoms with E-state index in [4.69, 9.17) is 4.98 Å². The molecule has 1 aromatic rings. The average Bonchev–Trinajstić information content (AvgIpc) is 2.80. The molecule has 1 heterocycles. The summed E-state index contributed by atoms with van der Waals surface area (Å²) in [5, 5.41) is 4.90. The lowest BCUT2D eigenvalue weighted by atomic mass is 10.0. The van der Waals surface area contributed by atoms with Crippen LogP contribution in [0.3, 0.4) is 0 Å². The van der Waals surface area contributed by atoms with Gasteiger partial charge in [0.15, 0.2) is 0 Å². The van der Waals surface area contributed by atoms with Gasteiger partial charge in [0, 0.05) is 17.3 Å². The van der Waals surface area contributed by atoms with Crippen LogP contribution in [0.1, 0.15) is 87.7 Å². The van der Waals surface area contributed by atoms with Crippen LogP contribution < -0.4 is 5.32 Å². The van der Waals surface area contributed by atoms with Gasteiger partial charge in [-0.2, -0.15) is 0 Å². The first-order valence-corrected chi connectivity index (χ1v) is 8.65. The van der Waals surface area contributed by atoms with Crippen molar-refractivity contribution in [1.29, 1.82) is 0 Å². The van der Waals surface area contributed by atoms with Gasteiger partial charge in [0.1, 0.15) is 0 Å². The molecule has 0 aromatic carbocycles. The predicted molar refractivity (Wildman–Crippen MR) is 86.1 cm³/mol. The fraction of sp³-hybridized carbons (Fsp3) is 0.812. The Bertz CT molecular complexity index is 354. The monoisotopic (exact) mass is 282 g/mol. The molecule has 0 aliphatic heterocycles. The lowest BCUT2D eigenvalue weighted by molar-refractivity contribution is 0.628. The number of aromatic nitrogens is 1. The second kappa shape index (κ2) is 8.70. The summed E-state index contributed by atoms with van der Waals surface area (Å²) in [6.07, 6.45) is 4.91. The summed E-state index contributed by atoms with van der Waals surface area (Å²) in [6.45, 7) is 13.4. The van der Waals surface area contributed by atoms with E-state index in [0.29, 0.717) is 11.8 Å². The molecule has 0 radical (unpaired) electrons. The molecule has 0 aliphatic rings. The van der Waals surface area contributed by atoms with E-state index in [1.165, 1.54) is 41.3 Å². The van der Waals surface area contributed by atoms with E-state index in [1.807, 2.05) is 11.3 Å². The highest BCUT2D eigenvalue weighted by Crippen LogP contribution is 2.32. The van der Waals surface area contributed by atoms with E-state index in [2.05, 4.69) is 39.9 Å². The molecule has 19 heavy (non-hydrogen) atoms. The molecule has 110 valence electrons. The van der Waals surface area contributed by atoms with Gasteiger partial charge in [-0.05, 0) is 31.7 Å². The van der Waals surface area contributed by atoms with Crippen LogP contribution in [0, 0.1) is 0 Å². The fourth-order valence-corrected chi connectivity index (χ4v) is 3.73. The zero-order valence-corrected chi connectivity index (χ0v) is 14.1. The van der Waals surface area contributed by atoms with Gasteiger partial charge in [-0.3, -0.25) is 0 Å². The highest BCUT2D eigenvalue weighted by atomic mass is 32.1. The molecule has 0 saturated carbocycles. The number of hydrogen-bond donors (Lipinski definition) is 1. The van der Waals surface area contributed by atoms with Crippen LogP contribution in [-0.4, -0.2) is 11.5 Å². The van der Waals surface area contributed by atoms with E-state index in [-0.39, 0.29) is 0 Å². The predicted octanol–water partition coefficient (Wildman–Crippen LogP) is 5.06. The largest absolute Gasteiger partial charge is 0.312 e. The Kier molecular flexibility index (Phi) is 7.62. The summed E-state index contributed by atoms with van der Waals surface area (Å²) < 4.78 is 0. The summed E-state index contributed by atoms with van der Waals surface area (Å²) in [6, 6.07) is 0. The molecular weight excluding hydrogens is 252 g/mol. The van der Waals surface area contributed by atoms with Gasteiger partial charge in [0.2, 0.25) is 0 Å². The van der Waals surface area contributed by atoms with Crippen molar-refractivity contribution < 1.29 is 0 Å². The second-order valence-corrected chi connectivity index (χ2v) is 6.67. The molecule has 1 aromatic heterocycles. The third-order valence-electron chi connectivity index (χ3n) is 3.62. The van der Waals surface area contributed by atoms with E-state index in [0.717, 1.165) is 13.1 Å². The molecule has 0 aliphatic carbocycles. The highest BCUT2D eigenvalue weighted by Gasteiger charge is 2.18. The van der Waals surface area contributed by atoms with Crippen molar-refractivity contribution in [3.63, 3.8) is 0 Å². The Hall–Kier alpha value is -0.410. The van der Waals surface area contributed by atoms with Crippen LogP contribution in [0.4, 0.5) is 0 Å². The minimum atomic E-state index is 0.530. The highest BCUT2D eigenvalue weighted by molar-refractivity contribution is 7.11. The zero-order chi connectivity index (χ0) is 14.3. The Morgan fingerprint density at radius 3 is 2.37 bits per heavy atom.